The summed E-state index contributed by atoms with van der Waals surface area (Å²) >= 11 is 6.74. The van der Waals surface area contributed by atoms with E-state index in [0.717, 1.165) is 15.6 Å². The molecule has 19 heavy (non-hydrogen) atoms. The molecule has 0 spiro atoms. The predicted molar refractivity (Wildman–Crippen MR) is 81.1 cm³/mol. The molecule has 0 aliphatic carbocycles. The van der Waals surface area contributed by atoms with Gasteiger partial charge in [-0.1, -0.05) is 37.9 Å². The number of benzene rings is 2. The Morgan fingerprint density at radius 1 is 1.00 bits per heavy atom. The minimum Gasteiger partial charge on any atom is -0.288 e. The maximum atomic E-state index is 13.9. The molecule has 0 amide bonds. The third-order valence-electron chi connectivity index (χ3n) is 2.86. The molecule has 0 aliphatic rings. The zero-order chi connectivity index (χ0) is 14.2. The van der Waals surface area contributed by atoms with Crippen molar-refractivity contribution < 1.29 is 9.18 Å². The number of rotatable bonds is 2. The number of halogens is 3. The van der Waals surface area contributed by atoms with Crippen LogP contribution in [0.4, 0.5) is 4.39 Å². The molecule has 0 bridgehead atoms. The third kappa shape index (κ3) is 2.95. The Morgan fingerprint density at radius 3 is 2.32 bits per heavy atom. The van der Waals surface area contributed by atoms with Gasteiger partial charge in [-0.05, 0) is 49.2 Å². The molecule has 0 atom stereocenters. The highest BCUT2D eigenvalue weighted by atomic mass is 79.9. The summed E-state index contributed by atoms with van der Waals surface area (Å²) in [6.45, 7) is 3.71. The standard InChI is InChI=1S/C15H11Br2FO/c1-8-3-4-10(14(18)5-8)15(19)11-7-12(16)9(2)6-13(11)17/h3-7H,1-2H3. The van der Waals surface area contributed by atoms with E-state index in [0.29, 0.717) is 10.0 Å². The normalized spacial score (nSPS) is 10.6. The second-order valence-electron chi connectivity index (χ2n) is 4.39. The molecule has 0 saturated heterocycles. The van der Waals surface area contributed by atoms with E-state index in [4.69, 9.17) is 0 Å². The summed E-state index contributed by atoms with van der Waals surface area (Å²) in [6, 6.07) is 8.16. The van der Waals surface area contributed by atoms with Crippen molar-refractivity contribution in [1.82, 2.24) is 0 Å². The van der Waals surface area contributed by atoms with E-state index in [1.54, 1.807) is 19.1 Å². The Morgan fingerprint density at radius 2 is 1.68 bits per heavy atom. The zero-order valence-corrected chi connectivity index (χ0v) is 13.6. The Hall–Kier alpha value is -1.00. The number of hydrogen-bond acceptors (Lipinski definition) is 1. The zero-order valence-electron chi connectivity index (χ0n) is 10.4. The lowest BCUT2D eigenvalue weighted by Crippen LogP contribution is -2.06. The van der Waals surface area contributed by atoms with Gasteiger partial charge in [0.15, 0.2) is 5.78 Å². The van der Waals surface area contributed by atoms with Crippen LogP contribution in [-0.2, 0) is 0 Å². The number of aryl methyl sites for hydroxylation is 2. The molecule has 2 aromatic rings. The summed E-state index contributed by atoms with van der Waals surface area (Å²) in [6.07, 6.45) is 0. The molecule has 0 saturated carbocycles. The van der Waals surface area contributed by atoms with Gasteiger partial charge in [-0.2, -0.15) is 0 Å². The van der Waals surface area contributed by atoms with Gasteiger partial charge in [0.25, 0.3) is 0 Å². The fraction of sp³-hybridized carbons (Fsp3) is 0.133. The van der Waals surface area contributed by atoms with Gasteiger partial charge in [0.1, 0.15) is 5.82 Å². The molecule has 1 nitrogen and oxygen atoms in total. The van der Waals surface area contributed by atoms with Crippen molar-refractivity contribution in [3.63, 3.8) is 0 Å². The van der Waals surface area contributed by atoms with Gasteiger partial charge in [-0.25, -0.2) is 4.39 Å². The monoisotopic (exact) mass is 384 g/mol. The van der Waals surface area contributed by atoms with Gasteiger partial charge in [0, 0.05) is 14.5 Å². The molecule has 2 aromatic carbocycles. The first kappa shape index (κ1) is 14.4. The lowest BCUT2D eigenvalue weighted by molar-refractivity contribution is 0.103. The molecule has 0 aliphatic heterocycles. The Labute approximate surface area is 128 Å². The van der Waals surface area contributed by atoms with Gasteiger partial charge in [-0.3, -0.25) is 4.79 Å². The van der Waals surface area contributed by atoms with Gasteiger partial charge >= 0.3 is 0 Å². The van der Waals surface area contributed by atoms with Crippen molar-refractivity contribution in [1.29, 1.82) is 0 Å². The van der Waals surface area contributed by atoms with Crippen LogP contribution in [0, 0.1) is 19.7 Å². The van der Waals surface area contributed by atoms with Gasteiger partial charge < -0.3 is 0 Å². The molecule has 4 heteroatoms. The highest BCUT2D eigenvalue weighted by Crippen LogP contribution is 2.28. The topological polar surface area (TPSA) is 17.1 Å². The Balaban J connectivity index is 2.53. The second kappa shape index (κ2) is 5.55. The van der Waals surface area contributed by atoms with Crippen molar-refractivity contribution in [2.24, 2.45) is 0 Å². The highest BCUT2D eigenvalue weighted by molar-refractivity contribution is 9.11. The van der Waals surface area contributed by atoms with E-state index in [1.165, 1.54) is 12.1 Å². The van der Waals surface area contributed by atoms with E-state index in [-0.39, 0.29) is 11.3 Å². The highest BCUT2D eigenvalue weighted by Gasteiger charge is 2.17. The van der Waals surface area contributed by atoms with Crippen LogP contribution in [-0.4, -0.2) is 5.78 Å². The van der Waals surface area contributed by atoms with Crippen molar-refractivity contribution in [3.8, 4) is 0 Å². The number of carbonyl (C=O) groups is 1. The average Bonchev–Trinajstić information content (AvgIpc) is 2.33. The molecule has 0 heterocycles. The lowest BCUT2D eigenvalue weighted by Gasteiger charge is -2.08. The largest absolute Gasteiger partial charge is 0.288 e. The van der Waals surface area contributed by atoms with Crippen LogP contribution in [0.2, 0.25) is 0 Å². The smallest absolute Gasteiger partial charge is 0.197 e. The van der Waals surface area contributed by atoms with E-state index in [2.05, 4.69) is 31.9 Å². The summed E-state index contributed by atoms with van der Waals surface area (Å²) < 4.78 is 15.3. The third-order valence-corrected chi connectivity index (χ3v) is 4.37. The maximum Gasteiger partial charge on any atom is 0.197 e. The molecule has 0 N–H and O–H groups in total. The van der Waals surface area contributed by atoms with Crippen LogP contribution in [0.3, 0.4) is 0 Å². The number of ketones is 1. The van der Waals surface area contributed by atoms with Gasteiger partial charge in [0.2, 0.25) is 0 Å². The number of carbonyl (C=O) groups excluding carboxylic acids is 1. The average molecular weight is 386 g/mol. The quantitative estimate of drug-likeness (QED) is 0.649. The van der Waals surface area contributed by atoms with Crippen LogP contribution in [0.25, 0.3) is 0 Å². The van der Waals surface area contributed by atoms with Crippen LogP contribution in [0.5, 0.6) is 0 Å². The van der Waals surface area contributed by atoms with E-state index in [9.17, 15) is 9.18 Å². The summed E-state index contributed by atoms with van der Waals surface area (Å²) in [4.78, 5) is 12.4. The Kier molecular flexibility index (Phi) is 4.21. The molecule has 0 unspecified atom stereocenters. The molecular weight excluding hydrogens is 375 g/mol. The summed E-state index contributed by atoms with van der Waals surface area (Å²) in [5, 5.41) is 0. The van der Waals surface area contributed by atoms with Gasteiger partial charge in [-0.15, -0.1) is 0 Å². The first-order valence-electron chi connectivity index (χ1n) is 5.66. The van der Waals surface area contributed by atoms with Gasteiger partial charge in [0.05, 0.1) is 5.56 Å². The molecule has 2 rings (SSSR count). The summed E-state index contributed by atoms with van der Waals surface area (Å²) in [7, 11) is 0. The van der Waals surface area contributed by atoms with Crippen LogP contribution in [0.1, 0.15) is 27.0 Å². The van der Waals surface area contributed by atoms with E-state index >= 15 is 0 Å². The Bertz CT molecular complexity index is 665. The molecule has 0 aromatic heterocycles. The van der Waals surface area contributed by atoms with Crippen LogP contribution < -0.4 is 0 Å². The molecule has 0 radical (unpaired) electrons. The minimum atomic E-state index is -0.492. The fourth-order valence-electron chi connectivity index (χ4n) is 1.77. The predicted octanol–water partition coefficient (Wildman–Crippen LogP) is 5.20. The van der Waals surface area contributed by atoms with Crippen molar-refractivity contribution in [2.75, 3.05) is 0 Å². The maximum absolute atomic E-state index is 13.9. The van der Waals surface area contributed by atoms with Crippen molar-refractivity contribution in [3.05, 3.63) is 67.3 Å². The van der Waals surface area contributed by atoms with E-state index < -0.39 is 5.82 Å². The van der Waals surface area contributed by atoms with Crippen molar-refractivity contribution >= 4 is 37.6 Å². The molecule has 98 valence electrons. The first-order chi connectivity index (χ1) is 8.90. The molecule has 0 fully saturated rings. The summed E-state index contributed by atoms with van der Waals surface area (Å²) in [5.74, 6) is -0.821. The number of hydrogen-bond donors (Lipinski definition) is 0. The lowest BCUT2D eigenvalue weighted by atomic mass is 10.0. The van der Waals surface area contributed by atoms with E-state index in [1.807, 2.05) is 13.0 Å². The SMILES string of the molecule is Cc1ccc(C(=O)c2cc(Br)c(C)cc2Br)c(F)c1. The first-order valence-corrected chi connectivity index (χ1v) is 7.25. The van der Waals surface area contributed by atoms with Crippen LogP contribution in [0.15, 0.2) is 39.3 Å². The second-order valence-corrected chi connectivity index (χ2v) is 6.10. The fourth-order valence-corrected chi connectivity index (χ4v) is 2.75. The summed E-state index contributed by atoms with van der Waals surface area (Å²) in [5.41, 5.74) is 2.33. The molecular formula is C15H11Br2FO. The van der Waals surface area contributed by atoms with Crippen molar-refractivity contribution in [2.45, 2.75) is 13.8 Å². The minimum absolute atomic E-state index is 0.0852. The van der Waals surface area contributed by atoms with Crippen LogP contribution >= 0.6 is 31.9 Å².